The number of pyridine rings is 1. The van der Waals surface area contributed by atoms with Gasteiger partial charge in [-0.05, 0) is 24.3 Å². The summed E-state index contributed by atoms with van der Waals surface area (Å²) in [4.78, 5) is 20.5. The first-order chi connectivity index (χ1) is 9.29. The second-order valence-corrected chi connectivity index (χ2v) is 4.91. The van der Waals surface area contributed by atoms with Gasteiger partial charge in [-0.15, -0.1) is 11.3 Å². The molecule has 0 saturated heterocycles. The molecule has 0 saturated carbocycles. The average Bonchev–Trinajstić information content (AvgIpc) is 2.90. The Labute approximate surface area is 113 Å². The van der Waals surface area contributed by atoms with E-state index >= 15 is 0 Å². The van der Waals surface area contributed by atoms with Crippen molar-refractivity contribution in [3.8, 4) is 10.7 Å². The van der Waals surface area contributed by atoms with Crippen LogP contribution in [0.5, 0.6) is 0 Å². The van der Waals surface area contributed by atoms with Crippen molar-refractivity contribution in [3.05, 3.63) is 48.2 Å². The highest BCUT2D eigenvalue weighted by atomic mass is 32.1. The van der Waals surface area contributed by atoms with E-state index in [2.05, 4.69) is 9.97 Å². The van der Waals surface area contributed by atoms with Crippen LogP contribution in [-0.4, -0.2) is 23.0 Å². The van der Waals surface area contributed by atoms with Gasteiger partial charge in [0.25, 0.3) is 0 Å². The van der Waals surface area contributed by atoms with Crippen molar-refractivity contribution < 1.29 is 9.53 Å². The summed E-state index contributed by atoms with van der Waals surface area (Å²) in [7, 11) is 1.36. The summed E-state index contributed by atoms with van der Waals surface area (Å²) < 4.78 is 5.84. The molecule has 0 aliphatic carbocycles. The van der Waals surface area contributed by atoms with Crippen molar-refractivity contribution in [2.24, 2.45) is 0 Å². The van der Waals surface area contributed by atoms with Crippen molar-refractivity contribution in [3.63, 3.8) is 0 Å². The predicted octanol–water partition coefficient (Wildman–Crippen LogP) is 3.14. The second kappa shape index (κ2) is 4.78. The lowest BCUT2D eigenvalue weighted by atomic mass is 10.2. The van der Waals surface area contributed by atoms with Crippen LogP contribution in [0.15, 0.2) is 42.6 Å². The molecule has 3 rings (SSSR count). The zero-order valence-electron chi connectivity index (χ0n) is 10.2. The normalized spacial score (nSPS) is 10.6. The number of benzene rings is 1. The maximum Gasteiger partial charge on any atom is 0.340 e. The fourth-order valence-electron chi connectivity index (χ4n) is 1.82. The van der Waals surface area contributed by atoms with E-state index in [0.717, 1.165) is 15.2 Å². The van der Waals surface area contributed by atoms with Gasteiger partial charge >= 0.3 is 5.97 Å². The molecular weight excluding hydrogens is 260 g/mol. The SMILES string of the molecule is COC(=O)c1cccnc1-c1nc2ccccc2s1. The third-order valence-corrected chi connectivity index (χ3v) is 3.75. The number of fused-ring (bicyclic) bond motifs is 1. The fraction of sp³-hybridized carbons (Fsp3) is 0.0714. The number of aromatic nitrogens is 2. The van der Waals surface area contributed by atoms with Crippen molar-refractivity contribution in [1.82, 2.24) is 9.97 Å². The average molecular weight is 270 g/mol. The number of hydrogen-bond acceptors (Lipinski definition) is 5. The predicted molar refractivity (Wildman–Crippen MR) is 74.2 cm³/mol. The van der Waals surface area contributed by atoms with Crippen LogP contribution >= 0.6 is 11.3 Å². The van der Waals surface area contributed by atoms with Crippen molar-refractivity contribution >= 4 is 27.5 Å². The maximum atomic E-state index is 11.7. The van der Waals surface area contributed by atoms with Gasteiger partial charge in [-0.3, -0.25) is 4.98 Å². The van der Waals surface area contributed by atoms with E-state index in [-0.39, 0.29) is 0 Å². The van der Waals surface area contributed by atoms with Crippen LogP contribution in [0.25, 0.3) is 20.9 Å². The van der Waals surface area contributed by atoms with Gasteiger partial charge in [-0.25, -0.2) is 9.78 Å². The highest BCUT2D eigenvalue weighted by molar-refractivity contribution is 7.21. The minimum atomic E-state index is -0.401. The van der Waals surface area contributed by atoms with Crippen molar-refractivity contribution in [2.45, 2.75) is 0 Å². The molecule has 1 aromatic carbocycles. The molecule has 5 heteroatoms. The van der Waals surface area contributed by atoms with Gasteiger partial charge in [-0.1, -0.05) is 12.1 Å². The smallest absolute Gasteiger partial charge is 0.340 e. The molecule has 3 aromatic rings. The minimum Gasteiger partial charge on any atom is -0.465 e. The van der Waals surface area contributed by atoms with Crippen molar-refractivity contribution in [1.29, 1.82) is 0 Å². The summed E-state index contributed by atoms with van der Waals surface area (Å²) in [5.41, 5.74) is 1.91. The van der Waals surface area contributed by atoms with Crippen LogP contribution in [0.1, 0.15) is 10.4 Å². The van der Waals surface area contributed by atoms with Crippen LogP contribution in [0.3, 0.4) is 0 Å². The molecule has 0 aliphatic rings. The number of thiazole rings is 1. The number of esters is 1. The largest absolute Gasteiger partial charge is 0.465 e. The summed E-state index contributed by atoms with van der Waals surface area (Å²) in [5.74, 6) is -0.401. The maximum absolute atomic E-state index is 11.7. The number of carbonyl (C=O) groups is 1. The zero-order valence-corrected chi connectivity index (χ0v) is 11.0. The van der Waals surface area contributed by atoms with Gasteiger partial charge in [0.05, 0.1) is 22.9 Å². The van der Waals surface area contributed by atoms with Crippen molar-refractivity contribution in [2.75, 3.05) is 7.11 Å². The number of hydrogen-bond donors (Lipinski definition) is 0. The van der Waals surface area contributed by atoms with Crippen LogP contribution in [0.2, 0.25) is 0 Å². The molecule has 94 valence electrons. The topological polar surface area (TPSA) is 52.1 Å². The molecule has 0 amide bonds. The lowest BCUT2D eigenvalue weighted by Crippen LogP contribution is -2.04. The van der Waals surface area contributed by atoms with Gasteiger partial charge in [0.1, 0.15) is 10.7 Å². The van der Waals surface area contributed by atoms with Gasteiger partial charge < -0.3 is 4.74 Å². The van der Waals surface area contributed by atoms with E-state index < -0.39 is 5.97 Å². The molecule has 0 fully saturated rings. The number of methoxy groups -OCH3 is 1. The Hall–Kier alpha value is -2.27. The second-order valence-electron chi connectivity index (χ2n) is 3.88. The summed E-state index contributed by atoms with van der Waals surface area (Å²) in [5, 5.41) is 0.724. The van der Waals surface area contributed by atoms with Gasteiger partial charge in [0.15, 0.2) is 0 Å². The van der Waals surface area contributed by atoms with E-state index in [4.69, 9.17) is 4.74 Å². The molecule has 2 aromatic heterocycles. The van der Waals surface area contributed by atoms with E-state index in [1.54, 1.807) is 18.3 Å². The standard InChI is InChI=1S/C14H10N2O2S/c1-18-14(17)9-5-4-8-15-12(9)13-16-10-6-2-3-7-11(10)19-13/h2-8H,1H3. The molecule has 0 N–H and O–H groups in total. The Balaban J connectivity index is 2.18. The van der Waals surface area contributed by atoms with Gasteiger partial charge in [0.2, 0.25) is 0 Å². The first-order valence-electron chi connectivity index (χ1n) is 5.69. The van der Waals surface area contributed by atoms with E-state index in [9.17, 15) is 4.79 Å². The van der Waals surface area contributed by atoms with Gasteiger partial charge in [-0.2, -0.15) is 0 Å². The summed E-state index contributed by atoms with van der Waals surface area (Å²) in [6.45, 7) is 0. The van der Waals surface area contributed by atoms with Crippen LogP contribution in [0.4, 0.5) is 0 Å². The number of carbonyl (C=O) groups excluding carboxylic acids is 1. The molecule has 0 atom stereocenters. The Bertz CT molecular complexity index is 719. The Morgan fingerprint density at radius 3 is 2.84 bits per heavy atom. The highest BCUT2D eigenvalue weighted by Gasteiger charge is 2.17. The Morgan fingerprint density at radius 2 is 2.05 bits per heavy atom. The lowest BCUT2D eigenvalue weighted by Gasteiger charge is -2.03. The number of para-hydroxylation sites is 1. The highest BCUT2D eigenvalue weighted by Crippen LogP contribution is 2.30. The van der Waals surface area contributed by atoms with Crippen LogP contribution in [-0.2, 0) is 4.74 Å². The molecule has 0 unspecified atom stereocenters. The van der Waals surface area contributed by atoms with E-state index in [1.807, 2.05) is 24.3 Å². The first kappa shape index (κ1) is 11.8. The fourth-order valence-corrected chi connectivity index (χ4v) is 2.80. The molecule has 0 aliphatic heterocycles. The number of rotatable bonds is 2. The molecule has 0 bridgehead atoms. The Kier molecular flexibility index (Phi) is 2.97. The molecule has 0 spiro atoms. The third-order valence-electron chi connectivity index (χ3n) is 2.71. The molecule has 2 heterocycles. The molecule has 4 nitrogen and oxygen atoms in total. The summed E-state index contributed by atoms with van der Waals surface area (Å²) in [6, 6.07) is 11.2. The Morgan fingerprint density at radius 1 is 1.21 bits per heavy atom. The lowest BCUT2D eigenvalue weighted by molar-refractivity contribution is 0.0601. The first-order valence-corrected chi connectivity index (χ1v) is 6.50. The van der Waals surface area contributed by atoms with Gasteiger partial charge in [0, 0.05) is 6.20 Å². The summed E-state index contributed by atoms with van der Waals surface area (Å²) in [6.07, 6.45) is 1.65. The molecule has 0 radical (unpaired) electrons. The minimum absolute atomic E-state index is 0.401. The molecule has 19 heavy (non-hydrogen) atoms. The van der Waals surface area contributed by atoms with Crippen LogP contribution < -0.4 is 0 Å². The number of ether oxygens (including phenoxy) is 1. The summed E-state index contributed by atoms with van der Waals surface area (Å²) >= 11 is 1.51. The monoisotopic (exact) mass is 270 g/mol. The number of nitrogens with zero attached hydrogens (tertiary/aromatic N) is 2. The quantitative estimate of drug-likeness (QED) is 0.671. The van der Waals surface area contributed by atoms with E-state index in [1.165, 1.54) is 18.4 Å². The molecular formula is C14H10N2O2S. The third kappa shape index (κ3) is 2.08. The van der Waals surface area contributed by atoms with Crippen LogP contribution in [0, 0.1) is 0 Å². The zero-order chi connectivity index (χ0) is 13.2. The van der Waals surface area contributed by atoms with E-state index in [0.29, 0.717) is 11.3 Å².